The Hall–Kier alpha value is -2.67. The van der Waals surface area contributed by atoms with Crippen LogP contribution in [0.1, 0.15) is 41.4 Å². The molecule has 1 amide bonds. The van der Waals surface area contributed by atoms with E-state index in [1.807, 2.05) is 12.1 Å². The van der Waals surface area contributed by atoms with Crippen molar-refractivity contribution in [3.63, 3.8) is 0 Å². The minimum Gasteiger partial charge on any atom is -0.459 e. The molecule has 0 bridgehead atoms. The summed E-state index contributed by atoms with van der Waals surface area (Å²) < 4.78 is 5.54. The van der Waals surface area contributed by atoms with Gasteiger partial charge < -0.3 is 14.8 Å². The second kappa shape index (κ2) is 9.22. The lowest BCUT2D eigenvalue weighted by atomic mass is 10.0. The molecule has 0 aliphatic heterocycles. The van der Waals surface area contributed by atoms with Gasteiger partial charge in [0.2, 0.25) is 0 Å². The molecule has 0 unspecified atom stereocenters. The Morgan fingerprint density at radius 1 is 1.14 bits per heavy atom. The monoisotopic (exact) mass is 428 g/mol. The first-order chi connectivity index (χ1) is 13.9. The number of aliphatic hydroxyl groups excluding tert-OH is 1. The summed E-state index contributed by atoms with van der Waals surface area (Å²) in [5, 5.41) is 15.3. The molecule has 0 aliphatic carbocycles. The Bertz CT molecular complexity index is 1030. The van der Waals surface area contributed by atoms with Gasteiger partial charge in [0.25, 0.3) is 5.91 Å². The third-order valence-corrected chi connectivity index (χ3v) is 4.92. The average molecular weight is 429 g/mol. The van der Waals surface area contributed by atoms with Crippen molar-refractivity contribution >= 4 is 40.5 Å². The van der Waals surface area contributed by atoms with Crippen molar-refractivity contribution in [2.75, 3.05) is 5.32 Å². The number of furan rings is 1. The number of rotatable bonds is 5. The zero-order valence-corrected chi connectivity index (χ0v) is 17.6. The number of thiocarbonyl (C=S) groups is 1. The predicted octanol–water partition coefficient (Wildman–Crippen LogP) is 5.34. The molecule has 3 rings (SSSR count). The Morgan fingerprint density at radius 2 is 1.86 bits per heavy atom. The van der Waals surface area contributed by atoms with Gasteiger partial charge in [-0.3, -0.25) is 10.1 Å². The topological polar surface area (TPSA) is 74.5 Å². The van der Waals surface area contributed by atoms with E-state index in [2.05, 4.69) is 24.5 Å². The van der Waals surface area contributed by atoms with Gasteiger partial charge >= 0.3 is 0 Å². The lowest BCUT2D eigenvalue weighted by Crippen LogP contribution is -2.34. The second-order valence-electron chi connectivity index (χ2n) is 6.80. The highest BCUT2D eigenvalue weighted by atomic mass is 35.5. The number of hydrogen-bond acceptors (Lipinski definition) is 4. The molecule has 0 radical (unpaired) electrons. The van der Waals surface area contributed by atoms with E-state index in [4.69, 9.17) is 33.3 Å². The van der Waals surface area contributed by atoms with Gasteiger partial charge in [-0.2, -0.15) is 0 Å². The quantitative estimate of drug-likeness (QED) is 0.478. The first-order valence-electron chi connectivity index (χ1n) is 9.09. The molecule has 150 valence electrons. The zero-order chi connectivity index (χ0) is 21.0. The van der Waals surface area contributed by atoms with Crippen LogP contribution in [0.25, 0.3) is 11.3 Å². The molecule has 3 aromatic rings. The minimum atomic E-state index is -0.302. The second-order valence-corrected chi connectivity index (χ2v) is 7.62. The molecule has 0 spiro atoms. The average Bonchev–Trinajstić information content (AvgIpc) is 3.19. The summed E-state index contributed by atoms with van der Waals surface area (Å²) >= 11 is 11.5. The molecule has 0 saturated carbocycles. The van der Waals surface area contributed by atoms with Crippen molar-refractivity contribution < 1.29 is 14.3 Å². The molecular weight excluding hydrogens is 408 g/mol. The summed E-state index contributed by atoms with van der Waals surface area (Å²) in [5.74, 6) is 1.15. The number of aliphatic hydroxyl groups is 1. The molecule has 2 aromatic carbocycles. The predicted molar refractivity (Wildman–Crippen MR) is 119 cm³/mol. The number of anilines is 1. The first-order valence-corrected chi connectivity index (χ1v) is 9.87. The lowest BCUT2D eigenvalue weighted by Gasteiger charge is -2.12. The number of hydrogen-bond donors (Lipinski definition) is 3. The van der Waals surface area contributed by atoms with Crippen molar-refractivity contribution in [1.29, 1.82) is 0 Å². The normalized spacial score (nSPS) is 10.8. The maximum Gasteiger partial charge on any atom is 0.257 e. The molecule has 0 fully saturated rings. The standard InChI is InChI=1S/C22H21ClN2O3S/c1-13(2)14-3-5-15(6-4-14)21(27)25-22(29)24-19-11-16(7-9-18(19)23)20-10-8-17(12-26)28-20/h3-11,13,26H,12H2,1-2H3,(H2,24,25,27,29). The van der Waals surface area contributed by atoms with E-state index >= 15 is 0 Å². The van der Waals surface area contributed by atoms with Crippen LogP contribution in [-0.4, -0.2) is 16.1 Å². The van der Waals surface area contributed by atoms with E-state index in [0.29, 0.717) is 33.7 Å². The van der Waals surface area contributed by atoms with Gasteiger partial charge in [-0.15, -0.1) is 0 Å². The molecule has 0 saturated heterocycles. The van der Waals surface area contributed by atoms with Crippen LogP contribution in [0, 0.1) is 0 Å². The number of carbonyl (C=O) groups is 1. The Balaban J connectivity index is 1.69. The fraction of sp³-hybridized carbons (Fsp3) is 0.182. The molecular formula is C22H21ClN2O3S. The van der Waals surface area contributed by atoms with Gasteiger partial charge in [-0.1, -0.05) is 37.6 Å². The van der Waals surface area contributed by atoms with E-state index < -0.39 is 0 Å². The number of carbonyl (C=O) groups excluding carboxylic acids is 1. The zero-order valence-electron chi connectivity index (χ0n) is 16.0. The molecule has 29 heavy (non-hydrogen) atoms. The summed E-state index contributed by atoms with van der Waals surface area (Å²) in [6.07, 6.45) is 0. The van der Waals surface area contributed by atoms with E-state index in [-0.39, 0.29) is 17.6 Å². The van der Waals surface area contributed by atoms with Crippen LogP contribution in [0.3, 0.4) is 0 Å². The van der Waals surface area contributed by atoms with Crippen molar-refractivity contribution in [2.24, 2.45) is 0 Å². The highest BCUT2D eigenvalue weighted by molar-refractivity contribution is 7.80. The lowest BCUT2D eigenvalue weighted by molar-refractivity contribution is 0.0977. The minimum absolute atomic E-state index is 0.137. The number of halogens is 1. The summed E-state index contributed by atoms with van der Waals surface area (Å²) in [4.78, 5) is 12.4. The van der Waals surface area contributed by atoms with Crippen LogP contribution < -0.4 is 10.6 Å². The van der Waals surface area contributed by atoms with Crippen LogP contribution >= 0.6 is 23.8 Å². The summed E-state index contributed by atoms with van der Waals surface area (Å²) in [6.45, 7) is 4.02. The number of nitrogens with one attached hydrogen (secondary N) is 2. The van der Waals surface area contributed by atoms with Crippen molar-refractivity contribution in [2.45, 2.75) is 26.4 Å². The van der Waals surface area contributed by atoms with Crippen molar-refractivity contribution in [3.8, 4) is 11.3 Å². The van der Waals surface area contributed by atoms with Gasteiger partial charge in [-0.25, -0.2) is 0 Å². The van der Waals surface area contributed by atoms with E-state index in [1.165, 1.54) is 0 Å². The van der Waals surface area contributed by atoms with E-state index in [0.717, 1.165) is 11.1 Å². The molecule has 1 aromatic heterocycles. The van der Waals surface area contributed by atoms with Crippen molar-refractivity contribution in [3.05, 3.63) is 76.5 Å². The molecule has 5 nitrogen and oxygen atoms in total. The maximum atomic E-state index is 12.4. The number of amides is 1. The number of benzene rings is 2. The fourth-order valence-corrected chi connectivity index (χ4v) is 3.11. The molecule has 1 heterocycles. The van der Waals surface area contributed by atoms with Gasteiger partial charge in [0.1, 0.15) is 18.1 Å². The summed E-state index contributed by atoms with van der Waals surface area (Å²) in [6, 6.07) is 16.1. The van der Waals surface area contributed by atoms with Crippen LogP contribution in [0.15, 0.2) is 59.0 Å². The van der Waals surface area contributed by atoms with Gasteiger partial charge in [0, 0.05) is 11.1 Å². The smallest absolute Gasteiger partial charge is 0.257 e. The Morgan fingerprint density at radius 3 is 2.48 bits per heavy atom. The SMILES string of the molecule is CC(C)c1ccc(C(=O)NC(=S)Nc2cc(-c3ccc(CO)o3)ccc2Cl)cc1. The highest BCUT2D eigenvalue weighted by Gasteiger charge is 2.12. The molecule has 7 heteroatoms. The highest BCUT2D eigenvalue weighted by Crippen LogP contribution is 2.30. The van der Waals surface area contributed by atoms with E-state index in [9.17, 15) is 4.79 Å². The Labute approximate surface area is 179 Å². The van der Waals surface area contributed by atoms with Gasteiger partial charge in [0.05, 0.1) is 10.7 Å². The van der Waals surface area contributed by atoms with Crippen LogP contribution in [0.2, 0.25) is 5.02 Å². The van der Waals surface area contributed by atoms with Crippen LogP contribution in [-0.2, 0) is 6.61 Å². The third kappa shape index (κ3) is 5.23. The largest absolute Gasteiger partial charge is 0.459 e. The maximum absolute atomic E-state index is 12.4. The fourth-order valence-electron chi connectivity index (χ4n) is 2.74. The Kier molecular flexibility index (Phi) is 6.69. The molecule has 0 aliphatic rings. The summed E-state index contributed by atoms with van der Waals surface area (Å²) in [7, 11) is 0. The van der Waals surface area contributed by atoms with E-state index in [1.54, 1.807) is 42.5 Å². The first kappa shape index (κ1) is 21.0. The third-order valence-electron chi connectivity index (χ3n) is 4.38. The van der Waals surface area contributed by atoms with Crippen LogP contribution in [0.4, 0.5) is 5.69 Å². The van der Waals surface area contributed by atoms with Gasteiger partial charge in [-0.05, 0) is 66.2 Å². The molecule has 0 atom stereocenters. The summed E-state index contributed by atoms with van der Waals surface area (Å²) in [5.41, 5.74) is 2.97. The molecule has 3 N–H and O–H groups in total. The van der Waals surface area contributed by atoms with Crippen LogP contribution in [0.5, 0.6) is 0 Å². The van der Waals surface area contributed by atoms with Crippen molar-refractivity contribution in [1.82, 2.24) is 5.32 Å². The van der Waals surface area contributed by atoms with Gasteiger partial charge in [0.15, 0.2) is 5.11 Å².